The van der Waals surface area contributed by atoms with Crippen molar-refractivity contribution in [3.05, 3.63) is 41.6 Å². The fourth-order valence-electron chi connectivity index (χ4n) is 1.80. The fourth-order valence-corrected chi connectivity index (χ4v) is 1.80. The molecule has 0 aliphatic carbocycles. The van der Waals surface area contributed by atoms with Crippen molar-refractivity contribution in [2.45, 2.75) is 13.5 Å². The Morgan fingerprint density at radius 3 is 2.30 bits per heavy atom. The molecule has 1 aromatic heterocycles. The summed E-state index contributed by atoms with van der Waals surface area (Å²) < 4.78 is 5.27. The molecule has 1 heterocycles. The Labute approximate surface area is 118 Å². The molecule has 0 N–H and O–H groups in total. The number of benzene rings is 1. The molecule has 0 aliphatic rings. The summed E-state index contributed by atoms with van der Waals surface area (Å²) in [4.78, 5) is 15.8. The second-order valence-corrected chi connectivity index (χ2v) is 4.82. The van der Waals surface area contributed by atoms with Crippen molar-refractivity contribution >= 4 is 11.6 Å². The summed E-state index contributed by atoms with van der Waals surface area (Å²) in [5.74, 6) is 0.852. The molecule has 0 unspecified atom stereocenters. The predicted molar refractivity (Wildman–Crippen MR) is 75.6 cm³/mol. The highest BCUT2D eigenvalue weighted by Crippen LogP contribution is 2.14. The van der Waals surface area contributed by atoms with Gasteiger partial charge < -0.3 is 14.2 Å². The average Bonchev–Trinajstić information content (AvgIpc) is 2.83. The van der Waals surface area contributed by atoms with Crippen LogP contribution < -0.4 is 4.90 Å². The van der Waals surface area contributed by atoms with Gasteiger partial charge in [-0.1, -0.05) is 0 Å². The van der Waals surface area contributed by atoms with E-state index >= 15 is 0 Å². The maximum absolute atomic E-state index is 12.3. The van der Waals surface area contributed by atoms with Gasteiger partial charge in [0.05, 0.1) is 6.54 Å². The molecule has 0 radical (unpaired) electrons. The number of carbonyl (C=O) groups is 1. The Morgan fingerprint density at radius 1 is 1.15 bits per heavy atom. The summed E-state index contributed by atoms with van der Waals surface area (Å²) in [6.07, 6.45) is 0. The van der Waals surface area contributed by atoms with Gasteiger partial charge in [0, 0.05) is 39.3 Å². The fraction of sp³-hybridized carbons (Fsp3) is 0.357. The molecule has 0 bridgehead atoms. The topological polar surface area (TPSA) is 62.5 Å². The van der Waals surface area contributed by atoms with Crippen LogP contribution in [0.25, 0.3) is 0 Å². The molecule has 106 valence electrons. The van der Waals surface area contributed by atoms with E-state index in [-0.39, 0.29) is 5.91 Å². The molecule has 0 spiro atoms. The third-order valence-electron chi connectivity index (χ3n) is 2.92. The SMILES string of the molecule is Cc1nnc(CN(C)C(=O)c2ccc(N(C)C)cc2)o1. The highest BCUT2D eigenvalue weighted by molar-refractivity contribution is 5.94. The lowest BCUT2D eigenvalue weighted by Gasteiger charge is -2.16. The molecule has 0 aliphatic heterocycles. The lowest BCUT2D eigenvalue weighted by molar-refractivity contribution is 0.0772. The van der Waals surface area contributed by atoms with Crippen molar-refractivity contribution in [2.24, 2.45) is 0 Å². The van der Waals surface area contributed by atoms with Crippen LogP contribution in [-0.4, -0.2) is 42.1 Å². The van der Waals surface area contributed by atoms with Crippen molar-refractivity contribution in [2.75, 3.05) is 26.0 Å². The van der Waals surface area contributed by atoms with Crippen LogP contribution >= 0.6 is 0 Å². The number of amides is 1. The third kappa shape index (κ3) is 3.14. The quantitative estimate of drug-likeness (QED) is 0.849. The van der Waals surface area contributed by atoms with E-state index in [1.54, 1.807) is 18.9 Å². The maximum Gasteiger partial charge on any atom is 0.254 e. The molecule has 0 atom stereocenters. The van der Waals surface area contributed by atoms with Crippen LogP contribution in [0.5, 0.6) is 0 Å². The van der Waals surface area contributed by atoms with Gasteiger partial charge >= 0.3 is 0 Å². The summed E-state index contributed by atoms with van der Waals surface area (Å²) in [6.45, 7) is 2.02. The van der Waals surface area contributed by atoms with Gasteiger partial charge in [-0.3, -0.25) is 4.79 Å². The van der Waals surface area contributed by atoms with E-state index in [9.17, 15) is 4.79 Å². The molecule has 1 aromatic carbocycles. The van der Waals surface area contributed by atoms with Crippen LogP contribution in [0, 0.1) is 6.92 Å². The number of aromatic nitrogens is 2. The molecule has 1 amide bonds. The molecule has 20 heavy (non-hydrogen) atoms. The minimum Gasteiger partial charge on any atom is -0.424 e. The Hall–Kier alpha value is -2.37. The van der Waals surface area contributed by atoms with E-state index in [0.717, 1.165) is 5.69 Å². The van der Waals surface area contributed by atoms with E-state index in [1.807, 2.05) is 43.3 Å². The normalized spacial score (nSPS) is 10.4. The van der Waals surface area contributed by atoms with Crippen LogP contribution in [0.4, 0.5) is 5.69 Å². The smallest absolute Gasteiger partial charge is 0.254 e. The van der Waals surface area contributed by atoms with Crippen LogP contribution in [-0.2, 0) is 6.54 Å². The van der Waals surface area contributed by atoms with Gasteiger partial charge in [0.2, 0.25) is 11.8 Å². The van der Waals surface area contributed by atoms with Gasteiger partial charge in [-0.15, -0.1) is 10.2 Å². The largest absolute Gasteiger partial charge is 0.424 e. The lowest BCUT2D eigenvalue weighted by atomic mass is 10.2. The van der Waals surface area contributed by atoms with Gasteiger partial charge in [0.15, 0.2) is 0 Å². The number of nitrogens with zero attached hydrogens (tertiary/aromatic N) is 4. The Morgan fingerprint density at radius 2 is 1.80 bits per heavy atom. The monoisotopic (exact) mass is 274 g/mol. The standard InChI is InChI=1S/C14H18N4O2/c1-10-15-16-13(20-10)9-18(4)14(19)11-5-7-12(8-6-11)17(2)3/h5-8H,9H2,1-4H3. The summed E-state index contributed by atoms with van der Waals surface area (Å²) in [7, 11) is 5.63. The zero-order chi connectivity index (χ0) is 14.7. The molecule has 6 heteroatoms. The predicted octanol–water partition coefficient (Wildman–Crippen LogP) is 1.72. The van der Waals surface area contributed by atoms with Gasteiger partial charge in [-0.2, -0.15) is 0 Å². The molecule has 6 nitrogen and oxygen atoms in total. The third-order valence-corrected chi connectivity index (χ3v) is 2.92. The van der Waals surface area contributed by atoms with E-state index in [2.05, 4.69) is 10.2 Å². The number of anilines is 1. The molecule has 2 rings (SSSR count). The first-order chi connectivity index (χ1) is 9.47. The van der Waals surface area contributed by atoms with Gasteiger partial charge in [0.1, 0.15) is 0 Å². The molecular formula is C14H18N4O2. The first-order valence-electron chi connectivity index (χ1n) is 6.29. The van der Waals surface area contributed by atoms with Gasteiger partial charge in [-0.05, 0) is 24.3 Å². The van der Waals surface area contributed by atoms with E-state index in [1.165, 1.54) is 0 Å². The number of aryl methyl sites for hydroxylation is 1. The Balaban J connectivity index is 2.06. The Bertz CT molecular complexity index is 589. The number of hydrogen-bond donors (Lipinski definition) is 0. The first-order valence-corrected chi connectivity index (χ1v) is 6.29. The highest BCUT2D eigenvalue weighted by Gasteiger charge is 2.14. The molecule has 2 aromatic rings. The van der Waals surface area contributed by atoms with Crippen LogP contribution in [0.3, 0.4) is 0 Å². The zero-order valence-electron chi connectivity index (χ0n) is 12.1. The molecular weight excluding hydrogens is 256 g/mol. The van der Waals surface area contributed by atoms with Crippen molar-refractivity contribution in [3.8, 4) is 0 Å². The minimum atomic E-state index is -0.0776. The summed E-state index contributed by atoms with van der Waals surface area (Å²) in [5.41, 5.74) is 1.69. The van der Waals surface area contributed by atoms with Crippen molar-refractivity contribution < 1.29 is 9.21 Å². The molecule has 0 saturated carbocycles. The van der Waals surface area contributed by atoms with E-state index < -0.39 is 0 Å². The van der Waals surface area contributed by atoms with Crippen molar-refractivity contribution in [1.29, 1.82) is 0 Å². The first kappa shape index (κ1) is 14.0. The second kappa shape index (κ2) is 5.73. The zero-order valence-corrected chi connectivity index (χ0v) is 12.1. The summed E-state index contributed by atoms with van der Waals surface area (Å²) in [6, 6.07) is 7.45. The van der Waals surface area contributed by atoms with E-state index in [4.69, 9.17) is 4.42 Å². The van der Waals surface area contributed by atoms with Gasteiger partial charge in [-0.25, -0.2) is 0 Å². The van der Waals surface area contributed by atoms with Crippen LogP contribution in [0.1, 0.15) is 22.1 Å². The van der Waals surface area contributed by atoms with Crippen LogP contribution in [0.15, 0.2) is 28.7 Å². The Kier molecular flexibility index (Phi) is 4.02. The average molecular weight is 274 g/mol. The molecule has 0 fully saturated rings. The second-order valence-electron chi connectivity index (χ2n) is 4.82. The molecule has 0 saturated heterocycles. The lowest BCUT2D eigenvalue weighted by Crippen LogP contribution is -2.26. The number of rotatable bonds is 4. The van der Waals surface area contributed by atoms with Gasteiger partial charge in [0.25, 0.3) is 5.91 Å². The minimum absolute atomic E-state index is 0.0776. The number of hydrogen-bond acceptors (Lipinski definition) is 5. The maximum atomic E-state index is 12.3. The number of carbonyl (C=O) groups excluding carboxylic acids is 1. The van der Waals surface area contributed by atoms with E-state index in [0.29, 0.717) is 23.9 Å². The summed E-state index contributed by atoms with van der Waals surface area (Å²) in [5, 5.41) is 7.62. The summed E-state index contributed by atoms with van der Waals surface area (Å²) >= 11 is 0. The van der Waals surface area contributed by atoms with Crippen LogP contribution in [0.2, 0.25) is 0 Å². The highest BCUT2D eigenvalue weighted by atomic mass is 16.4. The van der Waals surface area contributed by atoms with Crippen molar-refractivity contribution in [1.82, 2.24) is 15.1 Å². The van der Waals surface area contributed by atoms with Crippen molar-refractivity contribution in [3.63, 3.8) is 0 Å².